The largest absolute Gasteiger partial charge is 0.384 e. The summed E-state index contributed by atoms with van der Waals surface area (Å²) in [4.78, 5) is 12.1. The van der Waals surface area contributed by atoms with E-state index in [9.17, 15) is 13.2 Å². The Morgan fingerprint density at radius 1 is 1.48 bits per heavy atom. The molecule has 1 aliphatic rings. The van der Waals surface area contributed by atoms with Gasteiger partial charge >= 0.3 is 0 Å². The molecule has 1 atom stereocenters. The first kappa shape index (κ1) is 15.5. The molecule has 6 heteroatoms. The number of sulfone groups is 1. The van der Waals surface area contributed by atoms with Crippen molar-refractivity contribution in [3.05, 3.63) is 34.9 Å². The molecule has 5 nitrogen and oxygen atoms in total. The molecule has 0 bridgehead atoms. The van der Waals surface area contributed by atoms with Crippen molar-refractivity contribution in [3.63, 3.8) is 0 Å². The summed E-state index contributed by atoms with van der Waals surface area (Å²) in [6, 6.07) is 4.78. The first-order valence-electron chi connectivity index (χ1n) is 6.63. The Morgan fingerprint density at radius 2 is 2.24 bits per heavy atom. The number of nitrogens with one attached hydrogen (secondary N) is 1. The first-order valence-corrected chi connectivity index (χ1v) is 8.45. The van der Waals surface area contributed by atoms with Crippen LogP contribution in [-0.2, 0) is 9.84 Å². The van der Waals surface area contributed by atoms with Crippen LogP contribution in [0.5, 0.6) is 0 Å². The summed E-state index contributed by atoms with van der Waals surface area (Å²) < 4.78 is 22.8. The Bertz CT molecular complexity index is 713. The normalized spacial score (nSPS) is 19.6. The Balaban J connectivity index is 2.13. The van der Waals surface area contributed by atoms with Crippen LogP contribution in [0.4, 0.5) is 0 Å². The second-order valence-corrected chi connectivity index (χ2v) is 7.29. The first-order chi connectivity index (χ1) is 9.91. The minimum Gasteiger partial charge on any atom is -0.384 e. The van der Waals surface area contributed by atoms with E-state index in [0.29, 0.717) is 17.5 Å². The van der Waals surface area contributed by atoms with E-state index in [1.807, 2.05) is 6.92 Å². The van der Waals surface area contributed by atoms with Gasteiger partial charge in [-0.2, -0.15) is 0 Å². The van der Waals surface area contributed by atoms with Crippen molar-refractivity contribution < 1.29 is 18.3 Å². The predicted molar refractivity (Wildman–Crippen MR) is 79.7 cm³/mol. The highest BCUT2D eigenvalue weighted by Crippen LogP contribution is 2.14. The highest BCUT2D eigenvalue weighted by atomic mass is 32.2. The van der Waals surface area contributed by atoms with Crippen LogP contribution in [-0.4, -0.2) is 43.6 Å². The summed E-state index contributed by atoms with van der Waals surface area (Å²) in [6.45, 7) is 1.63. The molecule has 0 spiro atoms. The molecule has 0 saturated carbocycles. The maximum absolute atomic E-state index is 12.1. The molecule has 2 N–H and O–H groups in total. The lowest BCUT2D eigenvalue weighted by molar-refractivity contribution is 0.0941. The molecule has 0 aliphatic carbocycles. The van der Waals surface area contributed by atoms with Crippen LogP contribution in [0, 0.1) is 18.8 Å². The van der Waals surface area contributed by atoms with E-state index in [0.717, 1.165) is 5.56 Å². The van der Waals surface area contributed by atoms with Gasteiger partial charge in [-0.05, 0) is 31.0 Å². The molecule has 0 radical (unpaired) electrons. The molecule has 2 rings (SSSR count). The van der Waals surface area contributed by atoms with Gasteiger partial charge in [-0.15, -0.1) is 0 Å². The van der Waals surface area contributed by atoms with E-state index in [1.165, 1.54) is 0 Å². The second-order valence-electron chi connectivity index (χ2n) is 5.06. The molecule has 1 amide bonds. The van der Waals surface area contributed by atoms with Gasteiger partial charge in [0, 0.05) is 17.2 Å². The van der Waals surface area contributed by atoms with Crippen LogP contribution >= 0.6 is 0 Å². The fraction of sp³-hybridized carbons (Fsp3) is 0.400. The van der Waals surface area contributed by atoms with Crippen molar-refractivity contribution in [2.45, 2.75) is 19.4 Å². The summed E-state index contributed by atoms with van der Waals surface area (Å²) in [5.74, 6) is 5.16. The Kier molecular flexibility index (Phi) is 4.66. The van der Waals surface area contributed by atoms with Gasteiger partial charge in [0.15, 0.2) is 9.84 Å². The number of hydrogen-bond acceptors (Lipinski definition) is 4. The maximum Gasteiger partial charge on any atom is 0.251 e. The van der Waals surface area contributed by atoms with E-state index in [1.54, 1.807) is 18.2 Å². The highest BCUT2D eigenvalue weighted by molar-refractivity contribution is 7.91. The van der Waals surface area contributed by atoms with Gasteiger partial charge < -0.3 is 10.4 Å². The fourth-order valence-corrected chi connectivity index (χ4v) is 3.88. The molecule has 0 aromatic heterocycles. The van der Waals surface area contributed by atoms with Gasteiger partial charge in [-0.3, -0.25) is 4.79 Å². The standard InChI is InChI=1S/C15H17NO4S/c1-11-4-5-13(9-12(11)3-2-7-17)15(18)16-14-6-8-21(19,20)10-14/h4-5,9,14,17H,6-8,10H2,1H3,(H,16,18). The highest BCUT2D eigenvalue weighted by Gasteiger charge is 2.29. The van der Waals surface area contributed by atoms with Gasteiger partial charge in [0.25, 0.3) is 5.91 Å². The molecular weight excluding hydrogens is 290 g/mol. The fourth-order valence-electron chi connectivity index (χ4n) is 2.21. The van der Waals surface area contributed by atoms with Crippen LogP contribution in [0.1, 0.15) is 27.9 Å². The van der Waals surface area contributed by atoms with Crippen LogP contribution < -0.4 is 5.32 Å². The van der Waals surface area contributed by atoms with Crippen molar-refractivity contribution >= 4 is 15.7 Å². The molecule has 21 heavy (non-hydrogen) atoms. The lowest BCUT2D eigenvalue weighted by Crippen LogP contribution is -2.35. The third-order valence-corrected chi connectivity index (χ3v) is 5.14. The smallest absolute Gasteiger partial charge is 0.251 e. The zero-order valence-corrected chi connectivity index (χ0v) is 12.5. The zero-order valence-electron chi connectivity index (χ0n) is 11.7. The molecule has 112 valence electrons. The van der Waals surface area contributed by atoms with Gasteiger partial charge in [-0.1, -0.05) is 17.9 Å². The van der Waals surface area contributed by atoms with E-state index < -0.39 is 9.84 Å². The number of aryl methyl sites for hydroxylation is 1. The molecule has 1 aromatic rings. The van der Waals surface area contributed by atoms with Gasteiger partial charge in [0.2, 0.25) is 0 Å². The summed E-state index contributed by atoms with van der Waals surface area (Å²) in [7, 11) is -3.02. The van der Waals surface area contributed by atoms with Gasteiger partial charge in [-0.25, -0.2) is 8.42 Å². The SMILES string of the molecule is Cc1ccc(C(=O)NC2CCS(=O)(=O)C2)cc1C#CCO. The minimum absolute atomic E-state index is 0.00176. The Morgan fingerprint density at radius 3 is 2.86 bits per heavy atom. The van der Waals surface area contributed by atoms with Crippen LogP contribution in [0.3, 0.4) is 0 Å². The van der Waals surface area contributed by atoms with Crippen LogP contribution in [0.25, 0.3) is 0 Å². The number of benzene rings is 1. The average Bonchev–Trinajstić information content (AvgIpc) is 2.77. The van der Waals surface area contributed by atoms with Crippen molar-refractivity contribution in [1.29, 1.82) is 0 Å². The van der Waals surface area contributed by atoms with Crippen molar-refractivity contribution in [1.82, 2.24) is 5.32 Å². The minimum atomic E-state index is -3.02. The third-order valence-electron chi connectivity index (χ3n) is 3.37. The predicted octanol–water partition coefficient (Wildman–Crippen LogP) is 0.256. The third kappa shape index (κ3) is 4.06. The van der Waals surface area contributed by atoms with Gasteiger partial charge in [0.1, 0.15) is 6.61 Å². The average molecular weight is 307 g/mol. The van der Waals surface area contributed by atoms with E-state index in [-0.39, 0.29) is 30.1 Å². The number of carbonyl (C=O) groups excluding carboxylic acids is 1. The maximum atomic E-state index is 12.1. The van der Waals surface area contributed by atoms with Crippen LogP contribution in [0.15, 0.2) is 18.2 Å². The molecule has 1 aliphatic heterocycles. The summed E-state index contributed by atoms with van der Waals surface area (Å²) in [5, 5.41) is 11.5. The van der Waals surface area contributed by atoms with E-state index in [4.69, 9.17) is 5.11 Å². The van der Waals surface area contributed by atoms with Crippen molar-refractivity contribution in [2.24, 2.45) is 0 Å². The van der Waals surface area contributed by atoms with Crippen molar-refractivity contribution in [3.8, 4) is 11.8 Å². The molecular formula is C15H17NO4S. The molecule has 1 aromatic carbocycles. The quantitative estimate of drug-likeness (QED) is 0.768. The Hall–Kier alpha value is -1.84. The number of rotatable bonds is 2. The second kappa shape index (κ2) is 6.29. The van der Waals surface area contributed by atoms with Crippen molar-refractivity contribution in [2.75, 3.05) is 18.1 Å². The van der Waals surface area contributed by atoms with Crippen LogP contribution in [0.2, 0.25) is 0 Å². The molecule has 1 unspecified atom stereocenters. The number of aliphatic hydroxyl groups excluding tert-OH is 1. The zero-order chi connectivity index (χ0) is 15.5. The topological polar surface area (TPSA) is 83.5 Å². The summed E-state index contributed by atoms with van der Waals surface area (Å²) in [5.41, 5.74) is 2.03. The number of aliphatic hydroxyl groups is 1. The molecule has 1 fully saturated rings. The number of amides is 1. The van der Waals surface area contributed by atoms with E-state index >= 15 is 0 Å². The number of hydrogen-bond donors (Lipinski definition) is 2. The lowest BCUT2D eigenvalue weighted by Gasteiger charge is -2.11. The monoisotopic (exact) mass is 307 g/mol. The van der Waals surface area contributed by atoms with Gasteiger partial charge in [0.05, 0.1) is 11.5 Å². The lowest BCUT2D eigenvalue weighted by atomic mass is 10.0. The number of carbonyl (C=O) groups is 1. The van der Waals surface area contributed by atoms with E-state index in [2.05, 4.69) is 17.2 Å². The summed E-state index contributed by atoms with van der Waals surface area (Å²) in [6.07, 6.45) is 0.455. The Labute approximate surface area is 124 Å². The molecule has 1 heterocycles. The summed E-state index contributed by atoms with van der Waals surface area (Å²) >= 11 is 0. The molecule has 1 saturated heterocycles.